The van der Waals surface area contributed by atoms with Crippen molar-refractivity contribution >= 4 is 15.9 Å². The first-order valence-electron chi connectivity index (χ1n) is 7.03. The summed E-state index contributed by atoms with van der Waals surface area (Å²) in [6.07, 6.45) is 4.86. The van der Waals surface area contributed by atoms with E-state index in [1.54, 1.807) is 6.20 Å². The number of likely N-dealkylation sites (N-methyl/N-ethyl adjacent to an activating group) is 1. The van der Waals surface area contributed by atoms with Gasteiger partial charge in [0.2, 0.25) is 0 Å². The van der Waals surface area contributed by atoms with E-state index in [0.717, 1.165) is 42.0 Å². The Kier molecular flexibility index (Phi) is 5.03. The molecule has 1 saturated carbocycles. The van der Waals surface area contributed by atoms with Crippen LogP contribution in [0, 0.1) is 11.8 Å². The Morgan fingerprint density at radius 2 is 2.26 bits per heavy atom. The summed E-state index contributed by atoms with van der Waals surface area (Å²) in [6, 6.07) is 0. The van der Waals surface area contributed by atoms with Gasteiger partial charge in [-0.3, -0.25) is 4.68 Å². The third kappa shape index (κ3) is 3.58. The van der Waals surface area contributed by atoms with Gasteiger partial charge in [-0.15, -0.1) is 0 Å². The summed E-state index contributed by atoms with van der Waals surface area (Å²) in [5.41, 5.74) is 0.945. The standard InChI is InChI=1S/C14H24BrN3O/c1-10-4-5-11(8-10)14(19)13-12(15)9-16-18(13)7-6-17(2)3/h9-11,14,19H,4-8H2,1-3H3. The van der Waals surface area contributed by atoms with Crippen LogP contribution < -0.4 is 0 Å². The SMILES string of the molecule is CC1CCC(C(O)c2c(Br)cnn2CCN(C)C)C1. The Labute approximate surface area is 123 Å². The Morgan fingerprint density at radius 3 is 2.84 bits per heavy atom. The van der Waals surface area contributed by atoms with Gasteiger partial charge in [0.1, 0.15) is 0 Å². The minimum atomic E-state index is -0.399. The van der Waals surface area contributed by atoms with Crippen LogP contribution in [0.4, 0.5) is 0 Å². The van der Waals surface area contributed by atoms with E-state index < -0.39 is 6.10 Å². The van der Waals surface area contributed by atoms with Crippen LogP contribution in [0.3, 0.4) is 0 Å². The monoisotopic (exact) mass is 329 g/mol. The van der Waals surface area contributed by atoms with E-state index in [1.807, 2.05) is 18.8 Å². The summed E-state index contributed by atoms with van der Waals surface area (Å²) in [5, 5.41) is 15.0. The molecule has 1 aromatic heterocycles. The molecule has 4 nitrogen and oxygen atoms in total. The van der Waals surface area contributed by atoms with Crippen molar-refractivity contribution < 1.29 is 5.11 Å². The molecule has 1 heterocycles. The van der Waals surface area contributed by atoms with Crippen molar-refractivity contribution in [2.45, 2.75) is 38.8 Å². The zero-order chi connectivity index (χ0) is 14.0. The molecule has 1 fully saturated rings. The van der Waals surface area contributed by atoms with Gasteiger partial charge in [-0.25, -0.2) is 0 Å². The number of rotatable bonds is 5. The summed E-state index contributed by atoms with van der Waals surface area (Å²) in [4.78, 5) is 2.13. The van der Waals surface area contributed by atoms with Crippen molar-refractivity contribution in [3.63, 3.8) is 0 Å². The minimum Gasteiger partial charge on any atom is -0.386 e. The summed E-state index contributed by atoms with van der Waals surface area (Å²) in [6.45, 7) is 4.01. The van der Waals surface area contributed by atoms with Gasteiger partial charge in [-0.1, -0.05) is 13.3 Å². The maximum Gasteiger partial charge on any atom is 0.0996 e. The fraction of sp³-hybridized carbons (Fsp3) is 0.786. The fourth-order valence-electron chi connectivity index (χ4n) is 2.90. The molecular formula is C14H24BrN3O. The third-order valence-electron chi connectivity index (χ3n) is 4.05. The lowest BCUT2D eigenvalue weighted by molar-refractivity contribution is 0.0988. The smallest absolute Gasteiger partial charge is 0.0996 e. The first kappa shape index (κ1) is 15.0. The molecule has 1 aliphatic carbocycles. The van der Waals surface area contributed by atoms with Crippen LogP contribution in [0.15, 0.2) is 10.7 Å². The average Bonchev–Trinajstić information content (AvgIpc) is 2.92. The highest BCUT2D eigenvalue weighted by Crippen LogP contribution is 2.40. The molecule has 1 N–H and O–H groups in total. The molecule has 0 radical (unpaired) electrons. The topological polar surface area (TPSA) is 41.3 Å². The number of hydrogen-bond acceptors (Lipinski definition) is 3. The lowest BCUT2D eigenvalue weighted by Gasteiger charge is -2.21. The van der Waals surface area contributed by atoms with E-state index >= 15 is 0 Å². The molecule has 3 unspecified atom stereocenters. The largest absolute Gasteiger partial charge is 0.386 e. The zero-order valence-electron chi connectivity index (χ0n) is 12.0. The van der Waals surface area contributed by atoms with Crippen molar-refractivity contribution in [2.75, 3.05) is 20.6 Å². The van der Waals surface area contributed by atoms with Crippen LogP contribution in [0.1, 0.15) is 38.0 Å². The fourth-order valence-corrected chi connectivity index (χ4v) is 3.43. The first-order valence-corrected chi connectivity index (χ1v) is 7.82. The highest BCUT2D eigenvalue weighted by Gasteiger charge is 2.31. The molecule has 19 heavy (non-hydrogen) atoms. The maximum atomic E-state index is 10.6. The van der Waals surface area contributed by atoms with Crippen LogP contribution in [-0.4, -0.2) is 40.4 Å². The Balaban J connectivity index is 2.11. The first-order chi connectivity index (χ1) is 8.99. The van der Waals surface area contributed by atoms with Crippen molar-refractivity contribution in [3.8, 4) is 0 Å². The maximum absolute atomic E-state index is 10.6. The van der Waals surface area contributed by atoms with Crippen LogP contribution in [-0.2, 0) is 6.54 Å². The Hall–Kier alpha value is -0.390. The molecular weight excluding hydrogens is 306 g/mol. The van der Waals surface area contributed by atoms with Crippen molar-refractivity contribution in [2.24, 2.45) is 11.8 Å². The van der Waals surface area contributed by atoms with Crippen molar-refractivity contribution in [1.82, 2.24) is 14.7 Å². The van der Waals surface area contributed by atoms with E-state index in [4.69, 9.17) is 0 Å². The van der Waals surface area contributed by atoms with Gasteiger partial charge in [0, 0.05) is 6.54 Å². The van der Waals surface area contributed by atoms with Crippen molar-refractivity contribution in [1.29, 1.82) is 0 Å². The number of hydrogen-bond donors (Lipinski definition) is 1. The molecule has 1 aromatic rings. The number of nitrogens with zero attached hydrogens (tertiary/aromatic N) is 3. The zero-order valence-corrected chi connectivity index (χ0v) is 13.6. The van der Waals surface area contributed by atoms with Crippen LogP contribution in [0.5, 0.6) is 0 Å². The highest BCUT2D eigenvalue weighted by molar-refractivity contribution is 9.10. The van der Waals surface area contributed by atoms with Gasteiger partial charge in [0.25, 0.3) is 0 Å². The van der Waals surface area contributed by atoms with E-state index in [-0.39, 0.29) is 0 Å². The molecule has 1 aliphatic rings. The second-order valence-electron chi connectivity index (χ2n) is 6.03. The predicted molar refractivity (Wildman–Crippen MR) is 79.9 cm³/mol. The second kappa shape index (κ2) is 6.37. The third-order valence-corrected chi connectivity index (χ3v) is 4.67. The molecule has 3 atom stereocenters. The van der Waals surface area contributed by atoms with Crippen LogP contribution in [0.25, 0.3) is 0 Å². The highest BCUT2D eigenvalue weighted by atomic mass is 79.9. The van der Waals surface area contributed by atoms with Gasteiger partial charge >= 0.3 is 0 Å². The molecule has 0 aromatic carbocycles. The molecule has 0 bridgehead atoms. The van der Waals surface area contributed by atoms with Gasteiger partial charge in [0.15, 0.2) is 0 Å². The minimum absolute atomic E-state index is 0.376. The molecule has 108 valence electrons. The summed E-state index contributed by atoms with van der Waals surface area (Å²) in [5.74, 6) is 1.11. The molecule has 0 aliphatic heterocycles. The predicted octanol–water partition coefficient (Wildman–Crippen LogP) is 2.68. The summed E-state index contributed by atoms with van der Waals surface area (Å²) in [7, 11) is 4.10. The van der Waals surface area contributed by atoms with Crippen LogP contribution in [0.2, 0.25) is 0 Å². The molecule has 0 spiro atoms. The van der Waals surface area contributed by atoms with Crippen molar-refractivity contribution in [3.05, 3.63) is 16.4 Å². The normalized spacial score (nSPS) is 25.2. The summed E-state index contributed by atoms with van der Waals surface area (Å²) >= 11 is 3.53. The van der Waals surface area contributed by atoms with E-state index in [9.17, 15) is 5.11 Å². The summed E-state index contributed by atoms with van der Waals surface area (Å²) < 4.78 is 2.87. The average molecular weight is 330 g/mol. The number of aliphatic hydroxyl groups is 1. The van der Waals surface area contributed by atoms with Crippen LogP contribution >= 0.6 is 15.9 Å². The Morgan fingerprint density at radius 1 is 1.53 bits per heavy atom. The lowest BCUT2D eigenvalue weighted by atomic mass is 9.97. The second-order valence-corrected chi connectivity index (χ2v) is 6.88. The van der Waals surface area contributed by atoms with Gasteiger partial charge < -0.3 is 10.0 Å². The molecule has 0 saturated heterocycles. The van der Waals surface area contributed by atoms with E-state index in [1.165, 1.54) is 6.42 Å². The molecule has 2 rings (SSSR count). The van der Waals surface area contributed by atoms with E-state index in [0.29, 0.717) is 5.92 Å². The van der Waals surface area contributed by atoms with E-state index in [2.05, 4.69) is 32.9 Å². The molecule has 0 amide bonds. The number of aliphatic hydroxyl groups excluding tert-OH is 1. The van der Waals surface area contributed by atoms with Gasteiger partial charge in [0.05, 0.1) is 29.0 Å². The molecule has 5 heteroatoms. The number of halogens is 1. The van der Waals surface area contributed by atoms with Gasteiger partial charge in [-0.2, -0.15) is 5.10 Å². The van der Waals surface area contributed by atoms with Gasteiger partial charge in [-0.05, 0) is 54.7 Å². The number of aromatic nitrogens is 2. The quantitative estimate of drug-likeness (QED) is 0.902. The Bertz CT molecular complexity index is 419. The lowest BCUT2D eigenvalue weighted by Crippen LogP contribution is -2.22.